The van der Waals surface area contributed by atoms with Crippen molar-refractivity contribution in [3.05, 3.63) is 0 Å². The highest BCUT2D eigenvalue weighted by Gasteiger charge is 2.20. The van der Waals surface area contributed by atoms with Gasteiger partial charge in [-0.1, -0.05) is 0 Å². The van der Waals surface area contributed by atoms with E-state index in [4.69, 9.17) is 4.55 Å². The quantitative estimate of drug-likeness (QED) is 0.454. The molecule has 6 nitrogen and oxygen atoms in total. The largest absolute Gasteiger partial charge is 0.330 e. The van der Waals surface area contributed by atoms with E-state index in [9.17, 15) is 13.2 Å². The van der Waals surface area contributed by atoms with Crippen LogP contribution in [0.25, 0.3) is 0 Å². The lowest BCUT2D eigenvalue weighted by Crippen LogP contribution is -2.08. The van der Waals surface area contributed by atoms with E-state index in [-0.39, 0.29) is 0 Å². The zero-order valence-electron chi connectivity index (χ0n) is 4.55. The summed E-state index contributed by atoms with van der Waals surface area (Å²) in [5.41, 5.74) is 0. The number of amides is 1. The standard InChI is InChI=1S/C3H2N2O4S/c6-2-1-4-3(5-2)10(7,8)9/h1H,(H,7,8,9). The van der Waals surface area contributed by atoms with Gasteiger partial charge in [-0.15, -0.1) is 0 Å². The van der Waals surface area contributed by atoms with E-state index >= 15 is 0 Å². The van der Waals surface area contributed by atoms with E-state index in [1.807, 2.05) is 0 Å². The molecule has 54 valence electrons. The third kappa shape index (κ3) is 1.25. The Morgan fingerprint density at radius 3 is 2.30 bits per heavy atom. The number of amidine groups is 1. The van der Waals surface area contributed by atoms with E-state index in [0.717, 1.165) is 0 Å². The van der Waals surface area contributed by atoms with Crippen LogP contribution >= 0.6 is 0 Å². The highest BCUT2D eigenvalue weighted by atomic mass is 32.2. The van der Waals surface area contributed by atoms with Gasteiger partial charge in [-0.25, -0.2) is 4.99 Å². The molecule has 0 saturated carbocycles. The van der Waals surface area contributed by atoms with E-state index in [1.54, 1.807) is 0 Å². The molecule has 0 aromatic heterocycles. The lowest BCUT2D eigenvalue weighted by Gasteiger charge is -1.85. The first-order valence-corrected chi connectivity index (χ1v) is 3.58. The Morgan fingerprint density at radius 2 is 2.10 bits per heavy atom. The zero-order valence-corrected chi connectivity index (χ0v) is 5.37. The molecule has 1 heterocycles. The fraction of sp³-hybridized carbons (Fsp3) is 0. The highest BCUT2D eigenvalue weighted by Crippen LogP contribution is 1.97. The summed E-state index contributed by atoms with van der Waals surface area (Å²) in [6.45, 7) is 0. The van der Waals surface area contributed by atoms with E-state index < -0.39 is 21.2 Å². The second kappa shape index (κ2) is 1.96. The third-order valence-corrected chi connectivity index (χ3v) is 1.38. The molecule has 10 heavy (non-hydrogen) atoms. The zero-order chi connectivity index (χ0) is 7.78. The number of carbonyl (C=O) groups is 1. The van der Waals surface area contributed by atoms with Gasteiger partial charge >= 0.3 is 10.1 Å². The highest BCUT2D eigenvalue weighted by molar-refractivity contribution is 8.01. The number of rotatable bonds is 0. The van der Waals surface area contributed by atoms with Crippen molar-refractivity contribution in [2.75, 3.05) is 0 Å². The molecule has 0 atom stereocenters. The normalized spacial score (nSPS) is 17.7. The number of carbonyl (C=O) groups excluding carboxylic acids is 1. The summed E-state index contributed by atoms with van der Waals surface area (Å²) in [6, 6.07) is 0. The van der Waals surface area contributed by atoms with Gasteiger partial charge in [-0.2, -0.15) is 13.4 Å². The minimum absolute atomic E-state index is 0.711. The summed E-state index contributed by atoms with van der Waals surface area (Å²) in [7, 11) is -4.40. The average molecular weight is 162 g/mol. The van der Waals surface area contributed by atoms with E-state index in [2.05, 4.69) is 9.98 Å². The molecular weight excluding hydrogens is 160 g/mol. The average Bonchev–Trinajstić information content (AvgIpc) is 2.11. The maximum atomic E-state index is 10.2. The Kier molecular flexibility index (Phi) is 1.38. The molecule has 0 aromatic rings. The summed E-state index contributed by atoms with van der Waals surface area (Å²) in [4.78, 5) is 16.1. The number of hydrogen-bond acceptors (Lipinski definition) is 4. The molecule has 0 bridgehead atoms. The molecular formula is C3H2N2O4S. The van der Waals surface area contributed by atoms with Gasteiger partial charge in [-0.3, -0.25) is 9.35 Å². The molecule has 1 aliphatic rings. The van der Waals surface area contributed by atoms with Crippen LogP contribution in [0.5, 0.6) is 0 Å². The summed E-state index contributed by atoms with van der Waals surface area (Å²) in [5, 5.41) is -0.850. The van der Waals surface area contributed by atoms with E-state index in [1.165, 1.54) is 0 Å². The van der Waals surface area contributed by atoms with Crippen LogP contribution in [0.1, 0.15) is 0 Å². The monoisotopic (exact) mass is 162 g/mol. The first-order chi connectivity index (χ1) is 4.50. The second-order valence-corrected chi connectivity index (χ2v) is 2.78. The molecule has 1 aliphatic heterocycles. The number of nitrogens with zero attached hydrogens (tertiary/aromatic N) is 2. The lowest BCUT2D eigenvalue weighted by molar-refractivity contribution is -0.111. The summed E-state index contributed by atoms with van der Waals surface area (Å²) < 4.78 is 28.5. The van der Waals surface area contributed by atoms with Gasteiger partial charge in [0, 0.05) is 0 Å². The van der Waals surface area contributed by atoms with Crippen LogP contribution in [0.3, 0.4) is 0 Å². The van der Waals surface area contributed by atoms with Crippen LogP contribution < -0.4 is 0 Å². The van der Waals surface area contributed by atoms with Crippen LogP contribution in [-0.2, 0) is 14.9 Å². The summed E-state index contributed by atoms with van der Waals surface area (Å²) >= 11 is 0. The van der Waals surface area contributed by atoms with Gasteiger partial charge < -0.3 is 0 Å². The predicted molar refractivity (Wildman–Crippen MR) is 32.5 cm³/mol. The van der Waals surface area contributed by atoms with Crippen LogP contribution in [0.2, 0.25) is 0 Å². The molecule has 0 saturated heterocycles. The van der Waals surface area contributed by atoms with E-state index in [0.29, 0.717) is 6.21 Å². The topological polar surface area (TPSA) is 96.2 Å². The van der Waals surface area contributed by atoms with Crippen LogP contribution in [0.15, 0.2) is 9.98 Å². The maximum absolute atomic E-state index is 10.2. The lowest BCUT2D eigenvalue weighted by atomic mass is 10.7. The van der Waals surface area contributed by atoms with Gasteiger partial charge in [0.15, 0.2) is 0 Å². The van der Waals surface area contributed by atoms with Gasteiger partial charge in [-0.05, 0) is 0 Å². The molecule has 1 amide bonds. The summed E-state index contributed by atoms with van der Waals surface area (Å²) in [5.74, 6) is -0.785. The minimum Gasteiger partial charge on any atom is -0.279 e. The predicted octanol–water partition coefficient (Wildman–Crippen LogP) is -1.16. The Morgan fingerprint density at radius 1 is 1.50 bits per heavy atom. The van der Waals surface area contributed by atoms with Crippen LogP contribution in [0, 0.1) is 0 Å². The molecule has 0 aromatic carbocycles. The van der Waals surface area contributed by atoms with Crippen molar-refractivity contribution >= 4 is 27.4 Å². The molecule has 7 heteroatoms. The molecule has 0 aliphatic carbocycles. The first kappa shape index (κ1) is 7.03. The fourth-order valence-electron chi connectivity index (χ4n) is 0.387. The number of aliphatic imine (C=N–C) groups is 2. The molecule has 0 unspecified atom stereocenters. The van der Waals surface area contributed by atoms with Gasteiger partial charge in [0.2, 0.25) is 0 Å². The Labute approximate surface area is 56.0 Å². The van der Waals surface area contributed by atoms with Gasteiger partial charge in [0.05, 0.1) is 6.21 Å². The van der Waals surface area contributed by atoms with Crippen molar-refractivity contribution in [3.63, 3.8) is 0 Å². The molecule has 0 radical (unpaired) electrons. The van der Waals surface area contributed by atoms with Crippen molar-refractivity contribution in [3.8, 4) is 0 Å². The third-order valence-electron chi connectivity index (χ3n) is 0.722. The SMILES string of the molecule is O=C1C=NC(S(=O)(=O)O)=N1. The van der Waals surface area contributed by atoms with Crippen LogP contribution in [-0.4, -0.2) is 30.3 Å². The first-order valence-electron chi connectivity index (χ1n) is 2.14. The fourth-order valence-corrected chi connectivity index (χ4v) is 0.778. The molecule has 1 N–H and O–H groups in total. The van der Waals surface area contributed by atoms with Gasteiger partial charge in [0.25, 0.3) is 11.1 Å². The Balaban J connectivity index is 3.11. The second-order valence-electron chi connectivity index (χ2n) is 1.47. The smallest absolute Gasteiger partial charge is 0.279 e. The van der Waals surface area contributed by atoms with Crippen molar-refractivity contribution in [2.24, 2.45) is 9.98 Å². The van der Waals surface area contributed by atoms with Crippen molar-refractivity contribution in [1.29, 1.82) is 0 Å². The Bertz CT molecular complexity index is 324. The summed E-state index contributed by atoms with van der Waals surface area (Å²) in [6.07, 6.45) is 0.711. The van der Waals surface area contributed by atoms with Crippen molar-refractivity contribution in [1.82, 2.24) is 0 Å². The molecule has 1 rings (SSSR count). The van der Waals surface area contributed by atoms with Gasteiger partial charge in [0.1, 0.15) is 0 Å². The number of hydrogen-bond donors (Lipinski definition) is 1. The Hall–Kier alpha value is -1.08. The van der Waals surface area contributed by atoms with Crippen molar-refractivity contribution < 1.29 is 17.8 Å². The van der Waals surface area contributed by atoms with Crippen LogP contribution in [0.4, 0.5) is 0 Å². The minimum atomic E-state index is -4.40. The maximum Gasteiger partial charge on any atom is 0.330 e. The molecule has 0 spiro atoms. The molecule has 0 fully saturated rings. The van der Waals surface area contributed by atoms with Crippen molar-refractivity contribution in [2.45, 2.75) is 0 Å².